The first-order valence-electron chi connectivity index (χ1n) is 16.5. The third kappa shape index (κ3) is 5.20. The maximum atomic E-state index is 13.5. The molecule has 3 aliphatic heterocycles. The summed E-state index contributed by atoms with van der Waals surface area (Å²) in [6, 6.07) is 28.9. The molecule has 0 unspecified atom stereocenters. The van der Waals surface area contributed by atoms with Crippen LogP contribution in [0.5, 0.6) is 0 Å². The van der Waals surface area contributed by atoms with E-state index in [1.807, 2.05) is 97.3 Å². The number of benzene rings is 4. The van der Waals surface area contributed by atoms with Crippen LogP contribution in [0.3, 0.4) is 0 Å². The smallest absolute Gasteiger partial charge is 0.338 e. The van der Waals surface area contributed by atoms with Crippen LogP contribution in [0.2, 0.25) is 0 Å². The molecule has 10 heteroatoms. The van der Waals surface area contributed by atoms with Gasteiger partial charge in [-0.3, -0.25) is 0 Å². The maximum Gasteiger partial charge on any atom is 0.338 e. The minimum absolute atomic E-state index is 0.0233. The Hall–Kier alpha value is -2.86. The van der Waals surface area contributed by atoms with Crippen LogP contribution >= 0.6 is 47.0 Å². The monoisotopic (exact) mass is 726 g/mol. The lowest BCUT2D eigenvalue weighted by molar-refractivity contribution is -0.151. The summed E-state index contributed by atoms with van der Waals surface area (Å²) in [4.78, 5) is 26.9. The number of hydrogen-bond acceptors (Lipinski definition) is 10. The molecule has 0 aromatic heterocycles. The zero-order valence-corrected chi connectivity index (χ0v) is 30.3. The number of ether oxygens (including phenoxy) is 4. The Morgan fingerprint density at radius 3 is 1.41 bits per heavy atom. The zero-order chi connectivity index (χ0) is 33.4. The van der Waals surface area contributed by atoms with Crippen molar-refractivity contribution in [2.24, 2.45) is 0 Å². The third-order valence-electron chi connectivity index (χ3n) is 9.79. The van der Waals surface area contributed by atoms with Gasteiger partial charge in [-0.1, -0.05) is 60.7 Å². The van der Waals surface area contributed by atoms with E-state index in [0.717, 1.165) is 34.1 Å². The quantitative estimate of drug-likeness (QED) is 0.181. The highest BCUT2D eigenvalue weighted by atomic mass is 32.2. The van der Waals surface area contributed by atoms with Crippen molar-refractivity contribution in [2.45, 2.75) is 40.0 Å². The second-order valence-electron chi connectivity index (χ2n) is 13.1. The maximum absolute atomic E-state index is 13.5. The highest BCUT2D eigenvalue weighted by Gasteiger charge is 2.49. The summed E-state index contributed by atoms with van der Waals surface area (Å²) in [6.45, 7) is 3.58. The minimum atomic E-state index is -0.917. The van der Waals surface area contributed by atoms with Crippen LogP contribution in [0.25, 0.3) is 22.3 Å². The third-order valence-corrected chi connectivity index (χ3v) is 16.7. The van der Waals surface area contributed by atoms with Crippen molar-refractivity contribution >= 4 is 59.0 Å². The van der Waals surface area contributed by atoms with E-state index in [4.69, 9.17) is 18.9 Å². The van der Waals surface area contributed by atoms with Gasteiger partial charge in [0.2, 0.25) is 0 Å². The number of thioether (sulfide) groups is 4. The summed E-state index contributed by atoms with van der Waals surface area (Å²) in [6.07, 6.45) is -1.19. The van der Waals surface area contributed by atoms with Gasteiger partial charge in [-0.2, -0.15) is 0 Å². The lowest BCUT2D eigenvalue weighted by Crippen LogP contribution is -2.33. The number of carbonyl (C=O) groups is 2. The Bertz CT molecular complexity index is 1860. The first-order chi connectivity index (χ1) is 23.8. The molecule has 4 aromatic rings. The molecule has 0 bridgehead atoms. The molecule has 9 rings (SSSR count). The summed E-state index contributed by atoms with van der Waals surface area (Å²) >= 11 is 7.75. The Morgan fingerprint density at radius 2 is 0.980 bits per heavy atom. The Balaban J connectivity index is 0.887. The number of rotatable bonds is 6. The van der Waals surface area contributed by atoms with Gasteiger partial charge in [-0.15, -0.1) is 47.0 Å². The van der Waals surface area contributed by atoms with Crippen LogP contribution in [-0.4, -0.2) is 66.2 Å². The highest BCUT2D eigenvalue weighted by molar-refractivity contribution is 8.21. The van der Waals surface area contributed by atoms with Crippen molar-refractivity contribution < 1.29 is 28.5 Å². The van der Waals surface area contributed by atoms with Gasteiger partial charge in [0.25, 0.3) is 0 Å². The molecule has 0 amide bonds. The molecule has 49 heavy (non-hydrogen) atoms. The van der Waals surface area contributed by atoms with Crippen molar-refractivity contribution in [1.82, 2.24) is 0 Å². The molecule has 3 saturated heterocycles. The van der Waals surface area contributed by atoms with Gasteiger partial charge < -0.3 is 18.9 Å². The van der Waals surface area contributed by atoms with Crippen LogP contribution in [0.4, 0.5) is 0 Å². The van der Waals surface area contributed by atoms with E-state index in [-0.39, 0.29) is 21.4 Å². The molecule has 0 N–H and O–H groups in total. The van der Waals surface area contributed by atoms with Crippen molar-refractivity contribution in [1.29, 1.82) is 0 Å². The van der Waals surface area contributed by atoms with Crippen molar-refractivity contribution in [3.05, 3.63) is 118 Å². The molecular formula is C39H34O6S4. The zero-order valence-electron chi connectivity index (χ0n) is 27.1. The van der Waals surface area contributed by atoms with Gasteiger partial charge in [0, 0.05) is 23.0 Å². The predicted octanol–water partition coefficient (Wildman–Crippen LogP) is 8.54. The Kier molecular flexibility index (Phi) is 7.94. The second-order valence-corrected chi connectivity index (χ2v) is 18.9. The molecule has 2 aliphatic carbocycles. The van der Waals surface area contributed by atoms with Crippen LogP contribution < -0.4 is 0 Å². The van der Waals surface area contributed by atoms with Gasteiger partial charge in [0.15, 0.2) is 5.79 Å². The van der Waals surface area contributed by atoms with E-state index < -0.39 is 29.9 Å². The number of esters is 2. The molecule has 4 aromatic carbocycles. The minimum Gasteiger partial charge on any atom is -0.459 e. The molecule has 0 saturated carbocycles. The van der Waals surface area contributed by atoms with E-state index in [1.165, 1.54) is 33.4 Å². The van der Waals surface area contributed by atoms with E-state index in [2.05, 4.69) is 48.5 Å². The van der Waals surface area contributed by atoms with Crippen LogP contribution in [0, 0.1) is 0 Å². The van der Waals surface area contributed by atoms with Crippen molar-refractivity contribution in [2.75, 3.05) is 36.2 Å². The molecule has 2 atom stereocenters. The molecule has 6 nitrogen and oxygen atoms in total. The first-order valence-corrected chi connectivity index (χ1v) is 20.5. The average molecular weight is 727 g/mol. The summed E-state index contributed by atoms with van der Waals surface area (Å²) in [5, 5.41) is 0. The lowest BCUT2D eigenvalue weighted by Gasteiger charge is -2.25. The van der Waals surface area contributed by atoms with Gasteiger partial charge in [-0.25, -0.2) is 9.59 Å². The van der Waals surface area contributed by atoms with E-state index in [0.29, 0.717) is 11.1 Å². The normalized spacial score (nSPS) is 22.9. The van der Waals surface area contributed by atoms with E-state index >= 15 is 0 Å². The Morgan fingerprint density at radius 1 is 0.592 bits per heavy atom. The molecule has 3 fully saturated rings. The van der Waals surface area contributed by atoms with Gasteiger partial charge in [0.1, 0.15) is 33.6 Å². The van der Waals surface area contributed by atoms with Crippen LogP contribution in [-0.2, 0) is 27.1 Å². The molecule has 3 heterocycles. The van der Waals surface area contributed by atoms with Gasteiger partial charge >= 0.3 is 11.9 Å². The van der Waals surface area contributed by atoms with E-state index in [1.54, 1.807) is 0 Å². The largest absolute Gasteiger partial charge is 0.459 e. The first kappa shape index (κ1) is 32.1. The predicted molar refractivity (Wildman–Crippen MR) is 200 cm³/mol. The summed E-state index contributed by atoms with van der Waals surface area (Å²) in [7, 11) is 0. The average Bonchev–Trinajstić information content (AvgIpc) is 3.95. The molecule has 2 spiro atoms. The molecular weight excluding hydrogens is 693 g/mol. The van der Waals surface area contributed by atoms with Crippen LogP contribution in [0.1, 0.15) is 56.8 Å². The number of fused-ring (bicyclic) bond motifs is 10. The van der Waals surface area contributed by atoms with E-state index in [9.17, 15) is 9.59 Å². The van der Waals surface area contributed by atoms with Crippen LogP contribution in [0.15, 0.2) is 84.9 Å². The fourth-order valence-electron chi connectivity index (χ4n) is 7.78. The van der Waals surface area contributed by atoms with Gasteiger partial charge in [0.05, 0.1) is 11.1 Å². The SMILES string of the molecule is CC1(C)O[C@H](COC(=O)c2ccc3c(c2)C2(SCCS2)c2ccccc2-3)[C@@H](COC(=O)c2ccc3c(c2)C2(SCCS2)c2ccccc2-3)O1. The fraction of sp³-hybridized carbons (Fsp3) is 0.333. The summed E-state index contributed by atoms with van der Waals surface area (Å²) in [5.41, 5.74) is 10.8. The molecule has 5 aliphatic rings. The number of carbonyl (C=O) groups excluding carboxylic acids is 2. The lowest BCUT2D eigenvalue weighted by atomic mass is 10.0. The molecule has 250 valence electrons. The van der Waals surface area contributed by atoms with Crippen molar-refractivity contribution in [3.8, 4) is 22.3 Å². The number of hydrogen-bond donors (Lipinski definition) is 0. The standard InChI is InChI=1S/C39H34O6S4/c1-37(2)44-33(21-42-35(40)23-11-13-27-25-7-3-5-9-29(25)38(31(27)19-23)46-15-16-47-38)34(45-37)22-43-36(41)24-12-14-28-26-8-4-6-10-30(26)39(32(28)20-24)48-17-18-49-39/h3-14,19-20,33-34H,15-18,21-22H2,1-2H3/t33-,34-/m1/s1. The van der Waals surface area contributed by atoms with Gasteiger partial charge in [-0.05, 0) is 82.6 Å². The fourth-order valence-corrected chi connectivity index (χ4v) is 14.6. The Labute approximate surface area is 302 Å². The second kappa shape index (κ2) is 12.1. The highest BCUT2D eigenvalue weighted by Crippen LogP contribution is 2.65. The molecule has 0 radical (unpaired) electrons. The topological polar surface area (TPSA) is 71.1 Å². The van der Waals surface area contributed by atoms with Crippen molar-refractivity contribution in [3.63, 3.8) is 0 Å². The summed E-state index contributed by atoms with van der Waals surface area (Å²) < 4.78 is 23.6. The summed E-state index contributed by atoms with van der Waals surface area (Å²) in [5.74, 6) is 2.50.